The molecule has 2 aromatic heterocycles. The number of amides is 1. The second-order valence-electron chi connectivity index (χ2n) is 7.66. The second-order valence-corrected chi connectivity index (χ2v) is 7.66. The fourth-order valence-corrected chi connectivity index (χ4v) is 3.81. The summed E-state index contributed by atoms with van der Waals surface area (Å²) in [5, 5.41) is 5.74. The molecule has 1 amide bonds. The van der Waals surface area contributed by atoms with Crippen molar-refractivity contribution >= 4 is 11.7 Å². The smallest absolute Gasteiger partial charge is 0.437 e. The van der Waals surface area contributed by atoms with Crippen LogP contribution in [0.1, 0.15) is 35.4 Å². The summed E-state index contributed by atoms with van der Waals surface area (Å²) in [6.45, 7) is 0. The molecule has 2 N–H and O–H groups in total. The van der Waals surface area contributed by atoms with E-state index in [1.54, 1.807) is 42.5 Å². The van der Waals surface area contributed by atoms with E-state index in [9.17, 15) is 18.0 Å². The molecule has 7 nitrogen and oxygen atoms in total. The summed E-state index contributed by atoms with van der Waals surface area (Å²) in [4.78, 5) is 24.4. The maximum Gasteiger partial charge on any atom is 0.437 e. The average molecular weight is 457 g/mol. The molecule has 0 radical (unpaired) electrons. The van der Waals surface area contributed by atoms with Crippen molar-refractivity contribution in [3.05, 3.63) is 66.2 Å². The van der Waals surface area contributed by atoms with Crippen molar-refractivity contribution in [1.29, 1.82) is 0 Å². The molecule has 0 unspecified atom stereocenters. The van der Waals surface area contributed by atoms with Crippen molar-refractivity contribution in [2.24, 2.45) is 0 Å². The maximum absolute atomic E-state index is 13.8. The van der Waals surface area contributed by atoms with Crippen LogP contribution in [-0.4, -0.2) is 40.1 Å². The lowest BCUT2D eigenvalue weighted by atomic mass is 10.1. The number of carbonyl (C=O) groups excluding carboxylic acids is 1. The van der Waals surface area contributed by atoms with Gasteiger partial charge in [0.2, 0.25) is 0 Å². The Bertz CT molecular complexity index is 1110. The number of benzene rings is 1. The zero-order valence-corrected chi connectivity index (χ0v) is 17.8. The summed E-state index contributed by atoms with van der Waals surface area (Å²) in [6, 6.07) is 10.7. The third-order valence-electron chi connectivity index (χ3n) is 5.48. The van der Waals surface area contributed by atoms with Crippen LogP contribution in [-0.2, 0) is 6.18 Å². The largest absolute Gasteiger partial charge is 0.497 e. The van der Waals surface area contributed by atoms with E-state index in [0.29, 0.717) is 24.2 Å². The van der Waals surface area contributed by atoms with Gasteiger partial charge in [-0.2, -0.15) is 13.2 Å². The Kier molecular flexibility index (Phi) is 6.43. The second kappa shape index (κ2) is 9.43. The van der Waals surface area contributed by atoms with Gasteiger partial charge in [-0.1, -0.05) is 6.07 Å². The number of methoxy groups -OCH3 is 1. The number of hydrogen-bond donors (Lipinski definition) is 2. The van der Waals surface area contributed by atoms with Crippen molar-refractivity contribution in [3.63, 3.8) is 0 Å². The van der Waals surface area contributed by atoms with E-state index < -0.39 is 17.9 Å². The lowest BCUT2D eigenvalue weighted by Gasteiger charge is -2.24. The average Bonchev–Trinajstić information content (AvgIpc) is 3.25. The van der Waals surface area contributed by atoms with Crippen molar-refractivity contribution in [1.82, 2.24) is 20.3 Å². The first-order valence-corrected chi connectivity index (χ1v) is 10.4. The number of pyridine rings is 1. The molecule has 0 spiro atoms. The predicted octanol–water partition coefficient (Wildman–Crippen LogP) is 4.33. The molecule has 172 valence electrons. The minimum atomic E-state index is -4.71. The molecule has 1 aromatic carbocycles. The molecule has 10 heteroatoms. The number of aromatic nitrogens is 3. The number of hydrogen-bond acceptors (Lipinski definition) is 6. The predicted molar refractivity (Wildman–Crippen MR) is 116 cm³/mol. The first-order valence-electron chi connectivity index (χ1n) is 10.4. The summed E-state index contributed by atoms with van der Waals surface area (Å²) < 4.78 is 46.6. The minimum Gasteiger partial charge on any atom is -0.497 e. The highest BCUT2D eigenvalue weighted by Crippen LogP contribution is 2.35. The molecule has 3 aromatic rings. The first-order chi connectivity index (χ1) is 15.8. The van der Waals surface area contributed by atoms with Crippen LogP contribution in [0.2, 0.25) is 0 Å². The Labute approximate surface area is 188 Å². The number of halogens is 3. The minimum absolute atomic E-state index is 0.0990. The fourth-order valence-electron chi connectivity index (χ4n) is 3.81. The van der Waals surface area contributed by atoms with Gasteiger partial charge in [0.05, 0.1) is 19.0 Å². The van der Waals surface area contributed by atoms with Crippen LogP contribution in [0.15, 0.2) is 54.9 Å². The van der Waals surface area contributed by atoms with Gasteiger partial charge in [0.1, 0.15) is 11.4 Å². The van der Waals surface area contributed by atoms with Crippen molar-refractivity contribution in [3.8, 4) is 17.0 Å². The van der Waals surface area contributed by atoms with E-state index in [2.05, 4.69) is 25.6 Å². The van der Waals surface area contributed by atoms with E-state index >= 15 is 0 Å². The van der Waals surface area contributed by atoms with Crippen LogP contribution < -0.4 is 15.4 Å². The SMILES string of the molecule is COc1ccc(-c2cnc(N[C@H]3CCC[C@@H]3NC(=O)c3ccccn3)c(C(F)(F)F)n2)cc1. The number of nitrogens with zero attached hydrogens (tertiary/aromatic N) is 3. The van der Waals surface area contributed by atoms with E-state index in [4.69, 9.17) is 4.74 Å². The quantitative estimate of drug-likeness (QED) is 0.573. The molecule has 0 bridgehead atoms. The maximum atomic E-state index is 13.8. The molecule has 2 atom stereocenters. The van der Waals surface area contributed by atoms with Gasteiger partial charge in [-0.25, -0.2) is 9.97 Å². The molecule has 1 aliphatic rings. The molecule has 0 aliphatic heterocycles. The Morgan fingerprint density at radius 3 is 2.48 bits per heavy atom. The standard InChI is InChI=1S/C23H22F3N5O2/c1-33-15-10-8-14(9-11-15)19-13-28-21(20(29-19)23(24,25)26)30-16-6-4-7-17(16)31-22(32)18-5-2-3-12-27-18/h2-3,5,8-13,16-17H,4,6-7H2,1H3,(H,28,30)(H,31,32)/t16-,17-/m0/s1. The van der Waals surface area contributed by atoms with Crippen LogP contribution in [0.5, 0.6) is 5.75 Å². The Morgan fingerprint density at radius 2 is 1.82 bits per heavy atom. The lowest BCUT2D eigenvalue weighted by Crippen LogP contribution is -2.44. The zero-order chi connectivity index (χ0) is 23.4. The van der Waals surface area contributed by atoms with Gasteiger partial charge in [-0.15, -0.1) is 0 Å². The summed E-state index contributed by atoms with van der Waals surface area (Å²) >= 11 is 0. The third kappa shape index (κ3) is 5.21. The molecule has 1 aliphatic carbocycles. The molecular formula is C23H22F3N5O2. The van der Waals surface area contributed by atoms with Gasteiger partial charge in [-0.05, 0) is 55.7 Å². The highest BCUT2D eigenvalue weighted by molar-refractivity contribution is 5.92. The van der Waals surface area contributed by atoms with Crippen molar-refractivity contribution < 1.29 is 22.7 Å². The summed E-state index contributed by atoms with van der Waals surface area (Å²) in [7, 11) is 1.51. The van der Waals surface area contributed by atoms with Crippen LogP contribution in [0, 0.1) is 0 Å². The van der Waals surface area contributed by atoms with Crippen LogP contribution in [0.3, 0.4) is 0 Å². The zero-order valence-electron chi connectivity index (χ0n) is 17.8. The van der Waals surface area contributed by atoms with Gasteiger partial charge in [-0.3, -0.25) is 9.78 Å². The molecule has 1 fully saturated rings. The van der Waals surface area contributed by atoms with Crippen LogP contribution in [0.4, 0.5) is 19.0 Å². The number of alkyl halides is 3. The highest BCUT2D eigenvalue weighted by atomic mass is 19.4. The van der Waals surface area contributed by atoms with Crippen molar-refractivity contribution in [2.45, 2.75) is 37.5 Å². The lowest BCUT2D eigenvalue weighted by molar-refractivity contribution is -0.140. The van der Waals surface area contributed by atoms with Gasteiger partial charge >= 0.3 is 6.18 Å². The summed E-state index contributed by atoms with van der Waals surface area (Å²) in [5.74, 6) is -0.143. The van der Waals surface area contributed by atoms with Gasteiger partial charge in [0.15, 0.2) is 11.5 Å². The molecule has 4 rings (SSSR count). The van der Waals surface area contributed by atoms with Gasteiger partial charge in [0, 0.05) is 23.8 Å². The number of carbonyl (C=O) groups is 1. The number of nitrogens with one attached hydrogen (secondary N) is 2. The van der Waals surface area contributed by atoms with E-state index in [-0.39, 0.29) is 29.2 Å². The fraction of sp³-hybridized carbons (Fsp3) is 0.304. The Hall–Kier alpha value is -3.69. The van der Waals surface area contributed by atoms with E-state index in [1.165, 1.54) is 19.5 Å². The van der Waals surface area contributed by atoms with E-state index in [1.807, 2.05) is 0 Å². The normalized spacial score (nSPS) is 18.1. The molecule has 33 heavy (non-hydrogen) atoms. The van der Waals surface area contributed by atoms with Crippen LogP contribution in [0.25, 0.3) is 11.3 Å². The monoisotopic (exact) mass is 457 g/mol. The van der Waals surface area contributed by atoms with E-state index in [0.717, 1.165) is 6.42 Å². The molecule has 0 saturated heterocycles. The van der Waals surface area contributed by atoms with Gasteiger partial charge < -0.3 is 15.4 Å². The Morgan fingerprint density at radius 1 is 1.06 bits per heavy atom. The van der Waals surface area contributed by atoms with Gasteiger partial charge in [0.25, 0.3) is 5.91 Å². The third-order valence-corrected chi connectivity index (χ3v) is 5.48. The first kappa shape index (κ1) is 22.5. The highest BCUT2D eigenvalue weighted by Gasteiger charge is 2.39. The number of ether oxygens (including phenoxy) is 1. The molecule has 2 heterocycles. The van der Waals surface area contributed by atoms with Crippen molar-refractivity contribution in [2.75, 3.05) is 12.4 Å². The summed E-state index contributed by atoms with van der Waals surface area (Å²) in [6.07, 6.45) is 0.0820. The number of anilines is 1. The van der Waals surface area contributed by atoms with Crippen LogP contribution >= 0.6 is 0 Å². The molecular weight excluding hydrogens is 435 g/mol. The number of rotatable bonds is 6. The summed E-state index contributed by atoms with van der Waals surface area (Å²) in [5.41, 5.74) is -0.260. The topological polar surface area (TPSA) is 89.0 Å². The Balaban J connectivity index is 1.55. The molecule has 1 saturated carbocycles.